The van der Waals surface area contributed by atoms with Gasteiger partial charge in [-0.25, -0.2) is 0 Å². The van der Waals surface area contributed by atoms with Crippen molar-refractivity contribution in [3.05, 3.63) is 22.9 Å². The molecule has 1 fully saturated rings. The van der Waals surface area contributed by atoms with Gasteiger partial charge in [0.2, 0.25) is 5.91 Å². The Hall–Kier alpha value is -0.610. The van der Waals surface area contributed by atoms with Crippen LogP contribution in [0.4, 0.5) is 5.69 Å². The summed E-state index contributed by atoms with van der Waals surface area (Å²) in [7, 11) is 0. The molecule has 1 aromatic rings. The van der Waals surface area contributed by atoms with Crippen molar-refractivity contribution in [1.29, 1.82) is 0 Å². The van der Waals surface area contributed by atoms with Gasteiger partial charge in [-0.2, -0.15) is 0 Å². The van der Waals surface area contributed by atoms with Crippen molar-refractivity contribution in [2.24, 2.45) is 5.92 Å². The lowest BCUT2D eigenvalue weighted by Gasteiger charge is -2.17. The molecule has 1 unspecified atom stereocenters. The van der Waals surface area contributed by atoms with Gasteiger partial charge in [-0.05, 0) is 27.9 Å². The van der Waals surface area contributed by atoms with E-state index in [-0.39, 0.29) is 11.8 Å². The number of carbonyl (C=O) groups excluding carboxylic acids is 1. The summed E-state index contributed by atoms with van der Waals surface area (Å²) in [6, 6.07) is 1.83. The van der Waals surface area contributed by atoms with Crippen molar-refractivity contribution in [2.75, 3.05) is 17.3 Å². The fraction of sp³-hybridized carbons (Fsp3) is 0.400. The smallest absolute Gasteiger partial charge is 0.227 e. The molecule has 0 radical (unpaired) electrons. The van der Waals surface area contributed by atoms with E-state index in [1.807, 2.05) is 6.07 Å². The number of hydrogen-bond acceptors (Lipinski definition) is 2. The summed E-state index contributed by atoms with van der Waals surface area (Å²) in [4.78, 5) is 17.5. The first kappa shape index (κ1) is 10.9. The minimum atomic E-state index is 0.120. The third-order valence-electron chi connectivity index (χ3n) is 2.46. The minimum Gasteiger partial charge on any atom is -0.310 e. The van der Waals surface area contributed by atoms with Crippen LogP contribution in [0.25, 0.3) is 0 Å². The lowest BCUT2D eigenvalue weighted by atomic mass is 10.1. The van der Waals surface area contributed by atoms with Gasteiger partial charge in [-0.1, -0.05) is 0 Å². The van der Waals surface area contributed by atoms with Crippen LogP contribution < -0.4 is 4.90 Å². The first-order valence-electron chi connectivity index (χ1n) is 4.68. The van der Waals surface area contributed by atoms with Gasteiger partial charge in [0.05, 0.1) is 11.9 Å². The largest absolute Gasteiger partial charge is 0.310 e. The highest BCUT2D eigenvalue weighted by atomic mass is 79.9. The number of alkyl halides is 1. The first-order chi connectivity index (χ1) is 7.22. The average molecular weight is 290 g/mol. The molecule has 1 atom stereocenters. The molecule has 0 aliphatic carbocycles. The lowest BCUT2D eigenvalue weighted by molar-refractivity contribution is -0.117. The molecular weight excluding hydrogens is 279 g/mol. The summed E-state index contributed by atoms with van der Waals surface area (Å²) in [6.07, 6.45) is 3.91. The van der Waals surface area contributed by atoms with Crippen LogP contribution in [0.3, 0.4) is 0 Å². The van der Waals surface area contributed by atoms with E-state index in [0.717, 1.165) is 10.2 Å². The van der Waals surface area contributed by atoms with Crippen molar-refractivity contribution in [3.8, 4) is 0 Å². The van der Waals surface area contributed by atoms with Crippen molar-refractivity contribution < 1.29 is 4.79 Å². The second-order valence-corrected chi connectivity index (χ2v) is 4.72. The van der Waals surface area contributed by atoms with Gasteiger partial charge in [0, 0.05) is 29.5 Å². The summed E-state index contributed by atoms with van der Waals surface area (Å²) in [6.45, 7) is 0.687. The molecule has 1 saturated heterocycles. The molecule has 3 nitrogen and oxygen atoms in total. The van der Waals surface area contributed by atoms with E-state index in [4.69, 9.17) is 11.6 Å². The highest BCUT2D eigenvalue weighted by Gasteiger charge is 2.30. The maximum Gasteiger partial charge on any atom is 0.227 e. The van der Waals surface area contributed by atoms with Crippen molar-refractivity contribution in [1.82, 2.24) is 4.98 Å². The molecule has 15 heavy (non-hydrogen) atoms. The van der Waals surface area contributed by atoms with Gasteiger partial charge >= 0.3 is 0 Å². The summed E-state index contributed by atoms with van der Waals surface area (Å²) in [5, 5.41) is 0. The molecule has 1 aliphatic rings. The van der Waals surface area contributed by atoms with Crippen molar-refractivity contribution >= 4 is 39.1 Å². The predicted octanol–water partition coefficient (Wildman–Crippen LogP) is 2.44. The zero-order valence-corrected chi connectivity index (χ0v) is 10.3. The zero-order chi connectivity index (χ0) is 10.8. The van der Waals surface area contributed by atoms with Crippen molar-refractivity contribution in [3.63, 3.8) is 0 Å². The number of hydrogen-bond donors (Lipinski definition) is 0. The monoisotopic (exact) mass is 288 g/mol. The van der Waals surface area contributed by atoms with Crippen LogP contribution in [0.5, 0.6) is 0 Å². The lowest BCUT2D eigenvalue weighted by Crippen LogP contribution is -2.25. The Labute approximate surface area is 102 Å². The number of nitrogens with zero attached hydrogens (tertiary/aromatic N) is 2. The number of anilines is 1. The standard InChI is InChI=1S/C10H10BrClN2O/c11-8-1-2-13-5-9(8)14-6-7(4-12)3-10(14)15/h1-2,5,7H,3-4,6H2. The summed E-state index contributed by atoms with van der Waals surface area (Å²) in [5.41, 5.74) is 0.829. The summed E-state index contributed by atoms with van der Waals surface area (Å²) < 4.78 is 0.890. The third-order valence-corrected chi connectivity index (χ3v) is 3.57. The quantitative estimate of drug-likeness (QED) is 0.784. The Morgan fingerprint density at radius 3 is 3.07 bits per heavy atom. The molecule has 2 heterocycles. The summed E-state index contributed by atoms with van der Waals surface area (Å²) >= 11 is 9.17. The van der Waals surface area contributed by atoms with Crippen LogP contribution in [0.15, 0.2) is 22.9 Å². The molecule has 5 heteroatoms. The number of carbonyl (C=O) groups is 1. The molecule has 2 rings (SSSR count). The molecule has 1 amide bonds. The van der Waals surface area contributed by atoms with E-state index in [1.165, 1.54) is 0 Å². The molecule has 80 valence electrons. The molecule has 0 aromatic carbocycles. The van der Waals surface area contributed by atoms with Gasteiger partial charge in [0.15, 0.2) is 0 Å². The van der Waals surface area contributed by atoms with Crippen LogP contribution in [0, 0.1) is 5.92 Å². The van der Waals surface area contributed by atoms with Crippen molar-refractivity contribution in [2.45, 2.75) is 6.42 Å². The molecule has 0 bridgehead atoms. The highest BCUT2D eigenvalue weighted by Crippen LogP contribution is 2.30. The molecular formula is C10H10BrClN2O. The maximum atomic E-state index is 11.7. The van der Waals surface area contributed by atoms with Crippen LogP contribution in [-0.4, -0.2) is 23.3 Å². The second kappa shape index (κ2) is 4.49. The molecule has 0 spiro atoms. The predicted molar refractivity (Wildman–Crippen MR) is 63.1 cm³/mol. The van der Waals surface area contributed by atoms with Gasteiger partial charge in [0.25, 0.3) is 0 Å². The number of halogens is 2. The SMILES string of the molecule is O=C1CC(CCl)CN1c1cnccc1Br. The number of pyridine rings is 1. The second-order valence-electron chi connectivity index (χ2n) is 3.56. The fourth-order valence-electron chi connectivity index (χ4n) is 1.69. The maximum absolute atomic E-state index is 11.7. The Balaban J connectivity index is 2.25. The Kier molecular flexibility index (Phi) is 3.26. The van der Waals surface area contributed by atoms with Crippen LogP contribution in [-0.2, 0) is 4.79 Å². The van der Waals surface area contributed by atoms with Gasteiger partial charge in [-0.3, -0.25) is 9.78 Å². The average Bonchev–Trinajstić information content (AvgIpc) is 2.60. The minimum absolute atomic E-state index is 0.120. The van der Waals surface area contributed by atoms with Crippen LogP contribution in [0.2, 0.25) is 0 Å². The highest BCUT2D eigenvalue weighted by molar-refractivity contribution is 9.10. The fourth-order valence-corrected chi connectivity index (χ4v) is 2.33. The van der Waals surface area contributed by atoms with E-state index in [2.05, 4.69) is 20.9 Å². The number of amides is 1. The van der Waals surface area contributed by atoms with E-state index in [9.17, 15) is 4.79 Å². The normalized spacial score (nSPS) is 21.1. The van der Waals surface area contributed by atoms with Gasteiger partial charge in [0.1, 0.15) is 0 Å². The Morgan fingerprint density at radius 1 is 1.67 bits per heavy atom. The third kappa shape index (κ3) is 2.16. The van der Waals surface area contributed by atoms with Gasteiger partial charge < -0.3 is 4.90 Å². The molecule has 0 N–H and O–H groups in total. The first-order valence-corrected chi connectivity index (χ1v) is 6.01. The summed E-state index contributed by atoms with van der Waals surface area (Å²) in [5.74, 6) is 0.903. The van der Waals surface area contributed by atoms with E-state index in [0.29, 0.717) is 18.8 Å². The van der Waals surface area contributed by atoms with E-state index < -0.39 is 0 Å². The van der Waals surface area contributed by atoms with E-state index in [1.54, 1.807) is 17.3 Å². The van der Waals surface area contributed by atoms with E-state index >= 15 is 0 Å². The molecule has 0 saturated carbocycles. The number of aromatic nitrogens is 1. The molecule has 1 aromatic heterocycles. The Bertz CT molecular complexity index is 385. The van der Waals surface area contributed by atoms with Crippen LogP contribution >= 0.6 is 27.5 Å². The Morgan fingerprint density at radius 2 is 2.47 bits per heavy atom. The van der Waals surface area contributed by atoms with Crippen LogP contribution in [0.1, 0.15) is 6.42 Å². The van der Waals surface area contributed by atoms with Gasteiger partial charge in [-0.15, -0.1) is 11.6 Å². The molecule has 1 aliphatic heterocycles. The topological polar surface area (TPSA) is 33.2 Å². The number of rotatable bonds is 2. The zero-order valence-electron chi connectivity index (χ0n) is 7.99.